The van der Waals surface area contributed by atoms with Gasteiger partial charge in [0.1, 0.15) is 11.1 Å². The fraction of sp³-hybridized carbons (Fsp3) is 0.222. The maximum atomic E-state index is 13.6. The summed E-state index contributed by atoms with van der Waals surface area (Å²) in [7, 11) is 0. The van der Waals surface area contributed by atoms with Gasteiger partial charge < -0.3 is 20.7 Å². The smallest absolute Gasteiger partial charge is 0.268 e. The Morgan fingerprint density at radius 3 is 2.47 bits per heavy atom. The molecule has 2 heterocycles. The van der Waals surface area contributed by atoms with Gasteiger partial charge in [-0.2, -0.15) is 0 Å². The molecular weight excluding hydrogens is 428 g/mol. The molecule has 2 aromatic heterocycles. The molecule has 0 saturated heterocycles. The molecular formula is C27H26N4O3. The minimum atomic E-state index is -0.560. The number of rotatable bonds is 6. The molecule has 7 heteroatoms. The highest BCUT2D eigenvalue weighted by Gasteiger charge is 2.27. The monoisotopic (exact) mass is 454 g/mol. The van der Waals surface area contributed by atoms with Gasteiger partial charge in [0, 0.05) is 17.9 Å². The van der Waals surface area contributed by atoms with E-state index in [1.807, 2.05) is 48.5 Å². The van der Waals surface area contributed by atoms with Crippen molar-refractivity contribution in [1.29, 1.82) is 0 Å². The summed E-state index contributed by atoms with van der Waals surface area (Å²) in [5.74, 6) is -0.938. The first kappa shape index (κ1) is 21.7. The average molecular weight is 455 g/mol. The van der Waals surface area contributed by atoms with Crippen LogP contribution in [0.25, 0.3) is 11.0 Å². The Kier molecular flexibility index (Phi) is 5.76. The third-order valence-electron chi connectivity index (χ3n) is 6.37. The van der Waals surface area contributed by atoms with E-state index in [2.05, 4.69) is 10.3 Å². The number of nitrogen functional groups attached to an aromatic ring is 1. The number of hydrogen-bond acceptors (Lipinski definition) is 5. The van der Waals surface area contributed by atoms with Gasteiger partial charge in [-0.1, -0.05) is 42.5 Å². The molecule has 5 rings (SSSR count). The molecule has 1 fully saturated rings. The lowest BCUT2D eigenvalue weighted by Gasteiger charge is -2.26. The number of fused-ring (bicyclic) bond motifs is 1. The van der Waals surface area contributed by atoms with Crippen molar-refractivity contribution in [2.75, 3.05) is 5.73 Å². The molecule has 0 unspecified atom stereocenters. The highest BCUT2D eigenvalue weighted by molar-refractivity contribution is 6.01. The number of aromatic nitrogens is 2. The van der Waals surface area contributed by atoms with E-state index in [9.17, 15) is 14.7 Å². The molecule has 2 aromatic carbocycles. The largest absolute Gasteiger partial charge is 0.505 e. The second-order valence-electron chi connectivity index (χ2n) is 8.83. The predicted molar refractivity (Wildman–Crippen MR) is 132 cm³/mol. The zero-order valence-electron chi connectivity index (χ0n) is 18.7. The van der Waals surface area contributed by atoms with Crippen molar-refractivity contribution in [2.45, 2.75) is 38.3 Å². The van der Waals surface area contributed by atoms with Gasteiger partial charge >= 0.3 is 0 Å². The molecule has 1 aliphatic rings. The molecule has 0 aliphatic heterocycles. The molecule has 0 bridgehead atoms. The average Bonchev–Trinajstić information content (AvgIpc) is 2.81. The van der Waals surface area contributed by atoms with Crippen molar-refractivity contribution < 1.29 is 9.90 Å². The Hall–Kier alpha value is -4.13. The van der Waals surface area contributed by atoms with E-state index in [1.54, 1.807) is 18.3 Å². The van der Waals surface area contributed by atoms with Crippen LogP contribution in [0, 0.1) is 0 Å². The number of pyridine rings is 2. The number of carbonyl (C=O) groups excluding carboxylic acids is 1. The SMILES string of the molecule is Nc1ccc(Cn2c(=O)c(C(=O)NC3CCC3)c(O)c3ncc(Cc4ccccc4)cc32)cc1. The van der Waals surface area contributed by atoms with Gasteiger partial charge in [-0.15, -0.1) is 0 Å². The number of aromatic hydroxyl groups is 1. The number of nitrogens with two attached hydrogens (primary N) is 1. The van der Waals surface area contributed by atoms with Gasteiger partial charge in [0.2, 0.25) is 0 Å². The Labute approximate surface area is 196 Å². The molecule has 4 N–H and O–H groups in total. The van der Waals surface area contributed by atoms with Crippen molar-refractivity contribution in [3.05, 3.63) is 99.5 Å². The highest BCUT2D eigenvalue weighted by Crippen LogP contribution is 2.27. The Bertz CT molecular complexity index is 1410. The molecule has 0 atom stereocenters. The van der Waals surface area contributed by atoms with E-state index in [4.69, 9.17) is 5.73 Å². The molecule has 0 radical (unpaired) electrons. The summed E-state index contributed by atoms with van der Waals surface area (Å²) in [5.41, 5.74) is 9.19. The Morgan fingerprint density at radius 2 is 1.79 bits per heavy atom. The summed E-state index contributed by atoms with van der Waals surface area (Å²) in [5, 5.41) is 13.8. The van der Waals surface area contributed by atoms with Crippen LogP contribution in [-0.2, 0) is 13.0 Å². The van der Waals surface area contributed by atoms with Crippen molar-refractivity contribution in [3.8, 4) is 5.75 Å². The minimum Gasteiger partial charge on any atom is -0.505 e. The quantitative estimate of drug-likeness (QED) is 0.386. The van der Waals surface area contributed by atoms with Crippen LogP contribution in [0.4, 0.5) is 5.69 Å². The first-order chi connectivity index (χ1) is 16.5. The van der Waals surface area contributed by atoms with Gasteiger partial charge in [0.25, 0.3) is 11.5 Å². The standard InChI is InChI=1S/C27H26N4O3/c28-20-11-9-18(10-12-20)16-31-22-14-19(13-17-5-2-1-3-6-17)15-29-24(22)25(32)23(27(31)34)26(33)30-21-7-4-8-21/h1-3,5-6,9-12,14-15,21,32H,4,7-8,13,16,28H2,(H,30,33). The second-order valence-corrected chi connectivity index (χ2v) is 8.83. The number of nitrogens with zero attached hydrogens (tertiary/aromatic N) is 2. The molecule has 1 saturated carbocycles. The first-order valence-electron chi connectivity index (χ1n) is 11.4. The number of hydrogen-bond donors (Lipinski definition) is 3. The molecule has 1 amide bonds. The van der Waals surface area contributed by atoms with Gasteiger partial charge in [0.15, 0.2) is 5.75 Å². The highest BCUT2D eigenvalue weighted by atomic mass is 16.3. The maximum Gasteiger partial charge on any atom is 0.268 e. The maximum absolute atomic E-state index is 13.6. The summed E-state index contributed by atoms with van der Waals surface area (Å²) in [6.45, 7) is 0.218. The predicted octanol–water partition coefficient (Wildman–Crippen LogP) is 3.61. The molecule has 7 nitrogen and oxygen atoms in total. The number of nitrogens with one attached hydrogen (secondary N) is 1. The third kappa shape index (κ3) is 4.24. The normalized spacial score (nSPS) is 13.5. The van der Waals surface area contributed by atoms with Crippen LogP contribution < -0.4 is 16.6 Å². The lowest BCUT2D eigenvalue weighted by atomic mass is 9.93. The zero-order valence-corrected chi connectivity index (χ0v) is 18.7. The summed E-state index contributed by atoms with van der Waals surface area (Å²) in [4.78, 5) is 31.0. The van der Waals surface area contributed by atoms with Crippen molar-refractivity contribution in [2.24, 2.45) is 0 Å². The van der Waals surface area contributed by atoms with Crippen LogP contribution in [0.15, 0.2) is 71.7 Å². The lowest BCUT2D eigenvalue weighted by molar-refractivity contribution is 0.0912. The molecule has 0 spiro atoms. The molecule has 4 aromatic rings. The van der Waals surface area contributed by atoms with Crippen molar-refractivity contribution in [3.63, 3.8) is 0 Å². The number of carbonyl (C=O) groups is 1. The summed E-state index contributed by atoms with van der Waals surface area (Å²) >= 11 is 0. The van der Waals surface area contributed by atoms with Gasteiger partial charge in [-0.25, -0.2) is 0 Å². The van der Waals surface area contributed by atoms with Gasteiger partial charge in [-0.05, 0) is 60.6 Å². The Morgan fingerprint density at radius 1 is 1.06 bits per heavy atom. The topological polar surface area (TPSA) is 110 Å². The number of benzene rings is 2. The summed E-state index contributed by atoms with van der Waals surface area (Å²) < 4.78 is 1.51. The fourth-order valence-electron chi connectivity index (χ4n) is 4.25. The summed E-state index contributed by atoms with van der Waals surface area (Å²) in [6.07, 6.45) is 5.11. The van der Waals surface area contributed by atoms with E-state index >= 15 is 0 Å². The van der Waals surface area contributed by atoms with E-state index in [-0.39, 0.29) is 29.4 Å². The third-order valence-corrected chi connectivity index (χ3v) is 6.37. The van der Waals surface area contributed by atoms with Crippen LogP contribution in [0.1, 0.15) is 46.3 Å². The summed E-state index contributed by atoms with van der Waals surface area (Å²) in [6, 6.07) is 19.1. The van der Waals surface area contributed by atoms with Crippen molar-refractivity contribution in [1.82, 2.24) is 14.9 Å². The zero-order chi connectivity index (χ0) is 23.7. The molecule has 1 aliphatic carbocycles. The van der Waals surface area contributed by atoms with Crippen LogP contribution in [0.5, 0.6) is 5.75 Å². The van der Waals surface area contributed by atoms with Crippen LogP contribution >= 0.6 is 0 Å². The van der Waals surface area contributed by atoms with Gasteiger partial charge in [0.05, 0.1) is 12.1 Å². The van der Waals surface area contributed by atoms with E-state index in [1.165, 1.54) is 4.57 Å². The number of anilines is 1. The second kappa shape index (κ2) is 9.02. The lowest BCUT2D eigenvalue weighted by Crippen LogP contribution is -2.42. The molecule has 172 valence electrons. The van der Waals surface area contributed by atoms with Gasteiger partial charge in [-0.3, -0.25) is 14.6 Å². The number of amides is 1. The van der Waals surface area contributed by atoms with E-state index in [0.29, 0.717) is 17.6 Å². The molecule has 34 heavy (non-hydrogen) atoms. The van der Waals surface area contributed by atoms with Crippen LogP contribution in [0.3, 0.4) is 0 Å². The fourth-order valence-corrected chi connectivity index (χ4v) is 4.25. The minimum absolute atomic E-state index is 0.0359. The Balaban J connectivity index is 1.63. The van der Waals surface area contributed by atoms with Crippen molar-refractivity contribution >= 4 is 22.6 Å². The van der Waals surface area contributed by atoms with E-state index in [0.717, 1.165) is 36.0 Å². The van der Waals surface area contributed by atoms with Crippen LogP contribution in [-0.4, -0.2) is 26.6 Å². The first-order valence-corrected chi connectivity index (χ1v) is 11.4. The van der Waals surface area contributed by atoms with E-state index < -0.39 is 11.5 Å². The van der Waals surface area contributed by atoms with Crippen LogP contribution in [0.2, 0.25) is 0 Å².